The van der Waals surface area contributed by atoms with Crippen LogP contribution in [0, 0.1) is 0 Å². The molecule has 0 saturated heterocycles. The Balaban J connectivity index is 2.62. The number of carbonyl (C=O) groups excluding carboxylic acids is 1. The minimum absolute atomic E-state index is 0.246. The van der Waals surface area contributed by atoms with Gasteiger partial charge in [0, 0.05) is 6.20 Å². The van der Waals surface area contributed by atoms with Crippen molar-refractivity contribution in [3.05, 3.63) is 12.3 Å². The minimum atomic E-state index is -1.02. The average Bonchev–Trinajstić information content (AvgIpc) is 2.52. The van der Waals surface area contributed by atoms with Crippen LogP contribution in [-0.4, -0.2) is 34.7 Å². The van der Waals surface area contributed by atoms with Gasteiger partial charge in [0.25, 0.3) is 0 Å². The highest BCUT2D eigenvalue weighted by Crippen LogP contribution is 2.15. The van der Waals surface area contributed by atoms with Crippen LogP contribution >= 0.6 is 0 Å². The topological polar surface area (TPSA) is 66.8 Å². The van der Waals surface area contributed by atoms with E-state index in [9.17, 15) is 9.59 Å². The molecule has 0 aromatic carbocycles. The Morgan fingerprint density at radius 2 is 2.38 bits per heavy atom. The predicted molar refractivity (Wildman–Crippen MR) is 44.0 cm³/mol. The predicted octanol–water partition coefficient (Wildman–Crippen LogP) is 0.816. The second kappa shape index (κ2) is 3.93. The van der Waals surface area contributed by atoms with Crippen LogP contribution in [0.25, 0.3) is 0 Å². The van der Waals surface area contributed by atoms with E-state index in [2.05, 4.69) is 4.74 Å². The number of carboxylic acids is 1. The smallest absolute Gasteiger partial charge is 0.414 e. The van der Waals surface area contributed by atoms with E-state index >= 15 is 0 Å². The first-order valence-electron chi connectivity index (χ1n) is 4.01. The molecule has 0 saturated carbocycles. The molecule has 0 fully saturated rings. The lowest BCUT2D eigenvalue weighted by Crippen LogP contribution is -2.38. The monoisotopic (exact) mass is 185 g/mol. The molecule has 1 N–H and O–H groups in total. The van der Waals surface area contributed by atoms with Gasteiger partial charge in [0.2, 0.25) is 0 Å². The van der Waals surface area contributed by atoms with Crippen molar-refractivity contribution in [2.24, 2.45) is 0 Å². The Morgan fingerprint density at radius 3 is 2.92 bits per heavy atom. The Hall–Kier alpha value is -1.52. The van der Waals surface area contributed by atoms with E-state index in [1.807, 2.05) is 0 Å². The molecule has 1 aliphatic heterocycles. The number of ether oxygens (including phenoxy) is 1. The zero-order chi connectivity index (χ0) is 9.84. The number of aliphatic carboxylic acids is 1. The number of hydrogen-bond donors (Lipinski definition) is 1. The number of carboxylic acid groups (broad SMARTS) is 1. The van der Waals surface area contributed by atoms with Gasteiger partial charge >= 0.3 is 12.1 Å². The normalized spacial score (nSPS) is 20.4. The van der Waals surface area contributed by atoms with Crippen LogP contribution in [0.5, 0.6) is 0 Å². The summed E-state index contributed by atoms with van der Waals surface area (Å²) in [7, 11) is 0. The van der Waals surface area contributed by atoms with Crippen molar-refractivity contribution in [1.29, 1.82) is 0 Å². The molecule has 5 heteroatoms. The fourth-order valence-corrected chi connectivity index (χ4v) is 1.13. The van der Waals surface area contributed by atoms with Crippen molar-refractivity contribution in [1.82, 2.24) is 4.90 Å². The first kappa shape index (κ1) is 9.57. The van der Waals surface area contributed by atoms with Crippen molar-refractivity contribution >= 4 is 12.1 Å². The van der Waals surface area contributed by atoms with Crippen molar-refractivity contribution in [2.45, 2.75) is 19.4 Å². The van der Waals surface area contributed by atoms with Crippen LogP contribution in [0.1, 0.15) is 13.3 Å². The molecule has 72 valence electrons. The van der Waals surface area contributed by atoms with Gasteiger partial charge in [-0.25, -0.2) is 9.59 Å². The Bertz CT molecular complexity index is 249. The summed E-state index contributed by atoms with van der Waals surface area (Å²) in [4.78, 5) is 22.9. The first-order chi connectivity index (χ1) is 6.16. The third kappa shape index (κ3) is 1.99. The maximum atomic E-state index is 11.1. The summed E-state index contributed by atoms with van der Waals surface area (Å²) in [6.07, 6.45) is 2.81. The summed E-state index contributed by atoms with van der Waals surface area (Å²) in [6, 6.07) is -0.806. The molecule has 0 aliphatic carbocycles. The van der Waals surface area contributed by atoms with Crippen LogP contribution in [0.15, 0.2) is 12.3 Å². The van der Waals surface area contributed by atoms with Gasteiger partial charge in [-0.05, 0) is 13.3 Å². The van der Waals surface area contributed by atoms with Crippen molar-refractivity contribution in [3.8, 4) is 0 Å². The highest BCUT2D eigenvalue weighted by atomic mass is 16.6. The zero-order valence-corrected chi connectivity index (χ0v) is 7.27. The molecule has 1 rings (SSSR count). The number of rotatable bonds is 2. The number of hydrogen-bond acceptors (Lipinski definition) is 3. The third-order valence-electron chi connectivity index (χ3n) is 1.72. The summed E-state index contributed by atoms with van der Waals surface area (Å²) < 4.78 is 4.68. The number of nitrogens with zero attached hydrogens (tertiary/aromatic N) is 1. The largest absolute Gasteiger partial charge is 0.480 e. The van der Waals surface area contributed by atoms with Crippen LogP contribution in [0.4, 0.5) is 4.79 Å². The van der Waals surface area contributed by atoms with Crippen LogP contribution in [0.2, 0.25) is 0 Å². The average molecular weight is 185 g/mol. The van der Waals surface area contributed by atoms with Gasteiger partial charge in [0.15, 0.2) is 0 Å². The maximum absolute atomic E-state index is 11.1. The molecule has 0 aromatic heterocycles. The van der Waals surface area contributed by atoms with Crippen molar-refractivity contribution in [3.63, 3.8) is 0 Å². The zero-order valence-electron chi connectivity index (χ0n) is 7.27. The summed E-state index contributed by atoms with van der Waals surface area (Å²) in [5.74, 6) is -1.02. The van der Waals surface area contributed by atoms with E-state index < -0.39 is 18.1 Å². The van der Waals surface area contributed by atoms with Crippen LogP contribution in [0.3, 0.4) is 0 Å². The summed E-state index contributed by atoms with van der Waals surface area (Å²) in [6.45, 7) is 1.92. The van der Waals surface area contributed by atoms with Crippen LogP contribution < -0.4 is 0 Å². The molecule has 1 amide bonds. The number of amides is 1. The molecular formula is C8H11NO4. The molecule has 0 spiro atoms. The Labute approximate surface area is 75.6 Å². The molecule has 0 aromatic rings. The maximum Gasteiger partial charge on any atom is 0.414 e. The Kier molecular flexibility index (Phi) is 2.89. The summed E-state index contributed by atoms with van der Waals surface area (Å²) >= 11 is 0. The molecule has 1 aliphatic rings. The molecule has 1 atom stereocenters. The minimum Gasteiger partial charge on any atom is -0.480 e. The summed E-state index contributed by atoms with van der Waals surface area (Å²) in [5, 5.41) is 8.71. The lowest BCUT2D eigenvalue weighted by atomic mass is 10.2. The number of carbonyl (C=O) groups is 2. The lowest BCUT2D eigenvalue weighted by molar-refractivity contribution is -0.141. The van der Waals surface area contributed by atoms with Crippen molar-refractivity contribution < 1.29 is 19.4 Å². The van der Waals surface area contributed by atoms with Gasteiger partial charge in [0.1, 0.15) is 6.04 Å². The molecule has 1 heterocycles. The molecule has 13 heavy (non-hydrogen) atoms. The fourth-order valence-electron chi connectivity index (χ4n) is 1.13. The standard InChI is InChI=1S/C8H11NO4/c1-2-13-8(12)9-5-3-4-6(9)7(10)11/h3,5-6H,2,4H2,1H3,(H,10,11)/t6-/m0/s1. The quantitative estimate of drug-likeness (QED) is 0.691. The lowest BCUT2D eigenvalue weighted by Gasteiger charge is -2.18. The summed E-state index contributed by atoms with van der Waals surface area (Å²) in [5.41, 5.74) is 0. The Morgan fingerprint density at radius 1 is 1.69 bits per heavy atom. The highest BCUT2D eigenvalue weighted by Gasteiger charge is 2.31. The van der Waals surface area contributed by atoms with E-state index in [1.54, 1.807) is 13.0 Å². The van der Waals surface area contributed by atoms with Gasteiger partial charge in [-0.2, -0.15) is 0 Å². The SMILES string of the molecule is CCOC(=O)N1C=CC[C@H]1C(=O)O. The van der Waals surface area contributed by atoms with Gasteiger partial charge in [-0.15, -0.1) is 0 Å². The van der Waals surface area contributed by atoms with Crippen molar-refractivity contribution in [2.75, 3.05) is 6.61 Å². The van der Waals surface area contributed by atoms with E-state index in [0.29, 0.717) is 6.42 Å². The van der Waals surface area contributed by atoms with E-state index in [-0.39, 0.29) is 6.61 Å². The first-order valence-corrected chi connectivity index (χ1v) is 4.01. The molecular weight excluding hydrogens is 174 g/mol. The van der Waals surface area contributed by atoms with Crippen LogP contribution in [-0.2, 0) is 9.53 Å². The van der Waals surface area contributed by atoms with Gasteiger partial charge in [-0.1, -0.05) is 6.08 Å². The molecule has 0 bridgehead atoms. The van der Waals surface area contributed by atoms with Gasteiger partial charge in [0.05, 0.1) is 6.61 Å². The second-order valence-corrected chi connectivity index (χ2v) is 2.58. The van der Waals surface area contributed by atoms with Gasteiger partial charge in [-0.3, -0.25) is 4.90 Å². The molecule has 0 radical (unpaired) electrons. The van der Waals surface area contributed by atoms with Gasteiger partial charge < -0.3 is 9.84 Å². The third-order valence-corrected chi connectivity index (χ3v) is 1.72. The highest BCUT2D eigenvalue weighted by molar-refractivity contribution is 5.81. The van der Waals surface area contributed by atoms with E-state index in [4.69, 9.17) is 5.11 Å². The molecule has 5 nitrogen and oxygen atoms in total. The van der Waals surface area contributed by atoms with E-state index in [1.165, 1.54) is 6.20 Å². The second-order valence-electron chi connectivity index (χ2n) is 2.58. The molecule has 0 unspecified atom stereocenters. The van der Waals surface area contributed by atoms with E-state index in [0.717, 1.165) is 4.90 Å². The fraction of sp³-hybridized carbons (Fsp3) is 0.500.